The first kappa shape index (κ1) is 33.1. The van der Waals surface area contributed by atoms with Crippen LogP contribution < -0.4 is 4.74 Å². The second kappa shape index (κ2) is 17.4. The maximum atomic E-state index is 6.22. The van der Waals surface area contributed by atoms with E-state index in [0.717, 1.165) is 44.9 Å². The third-order valence-corrected chi connectivity index (χ3v) is 5.23. The van der Waals surface area contributed by atoms with Crippen LogP contribution in [-0.4, -0.2) is 0 Å². The molecular formula is C33H48O. The summed E-state index contributed by atoms with van der Waals surface area (Å²) in [5, 5.41) is 0. The molecule has 0 N–H and O–H groups in total. The molecule has 0 saturated heterocycles. The van der Waals surface area contributed by atoms with Gasteiger partial charge in [0.05, 0.1) is 5.41 Å². The standard InChI is InChI=1S/C25H24O.4C2H6/c1-7-17-18(8-2)20(10-4)25(19(17)9-3)21(11-5)23(12-6)26-24-16-14-13-15-22(24)25;4*1-2/h7-16H,1-4H2,5-6H3;4*1-2H3/b21-11+,23-12+;;;;. The highest BCUT2D eigenvalue weighted by Gasteiger charge is 2.52. The van der Waals surface area contributed by atoms with Gasteiger partial charge in [0.1, 0.15) is 11.5 Å². The van der Waals surface area contributed by atoms with E-state index < -0.39 is 5.41 Å². The minimum Gasteiger partial charge on any atom is -0.457 e. The predicted molar refractivity (Wildman–Crippen MR) is 156 cm³/mol. The number of rotatable bonds is 4. The second-order valence-electron chi connectivity index (χ2n) is 6.17. The Kier molecular flexibility index (Phi) is 17.0. The molecule has 0 radical (unpaired) electrons. The van der Waals surface area contributed by atoms with Crippen molar-refractivity contribution < 1.29 is 4.74 Å². The maximum Gasteiger partial charge on any atom is 0.132 e. The first-order chi connectivity index (χ1) is 16.6. The molecule has 1 aliphatic heterocycles. The van der Waals surface area contributed by atoms with Crippen molar-refractivity contribution in [1.82, 2.24) is 0 Å². The van der Waals surface area contributed by atoms with E-state index in [-0.39, 0.29) is 0 Å². The molecule has 0 atom stereocenters. The molecule has 186 valence electrons. The van der Waals surface area contributed by atoms with Crippen molar-refractivity contribution in [1.29, 1.82) is 0 Å². The monoisotopic (exact) mass is 460 g/mol. The van der Waals surface area contributed by atoms with Crippen LogP contribution in [-0.2, 0) is 5.41 Å². The number of hydrogen-bond donors (Lipinski definition) is 0. The highest BCUT2D eigenvalue weighted by atomic mass is 16.5. The summed E-state index contributed by atoms with van der Waals surface area (Å²) in [5.41, 5.74) is 5.88. The fourth-order valence-corrected chi connectivity index (χ4v) is 4.33. The van der Waals surface area contributed by atoms with Crippen LogP contribution in [0.15, 0.2) is 121 Å². The summed E-state index contributed by atoms with van der Waals surface area (Å²) in [6, 6.07) is 8.16. The summed E-state index contributed by atoms with van der Waals surface area (Å²) >= 11 is 0. The van der Waals surface area contributed by atoms with Crippen LogP contribution in [0.1, 0.15) is 74.8 Å². The van der Waals surface area contributed by atoms with Crippen molar-refractivity contribution in [3.63, 3.8) is 0 Å². The van der Waals surface area contributed by atoms with E-state index in [4.69, 9.17) is 4.74 Å². The third-order valence-electron chi connectivity index (χ3n) is 5.23. The van der Waals surface area contributed by atoms with E-state index >= 15 is 0 Å². The summed E-state index contributed by atoms with van der Waals surface area (Å²) in [4.78, 5) is 0. The van der Waals surface area contributed by atoms with Crippen LogP contribution in [0.4, 0.5) is 0 Å². The van der Waals surface area contributed by atoms with E-state index in [9.17, 15) is 0 Å². The summed E-state index contributed by atoms with van der Waals surface area (Å²) in [6.45, 7) is 36.4. The summed E-state index contributed by atoms with van der Waals surface area (Å²) in [5.74, 6) is 1.69. The van der Waals surface area contributed by atoms with Crippen molar-refractivity contribution >= 4 is 0 Å². The van der Waals surface area contributed by atoms with E-state index in [1.54, 1.807) is 0 Å². The normalized spacial score (nSPS) is 16.8. The number of ether oxygens (including phenoxy) is 1. The maximum absolute atomic E-state index is 6.22. The molecule has 1 nitrogen and oxygen atoms in total. The van der Waals surface area contributed by atoms with Crippen LogP contribution in [0.25, 0.3) is 0 Å². The molecule has 2 aliphatic rings. The van der Waals surface area contributed by atoms with Gasteiger partial charge in [-0.25, -0.2) is 0 Å². The number of fused-ring (bicyclic) bond motifs is 2. The molecule has 1 heteroatoms. The van der Waals surface area contributed by atoms with E-state index in [1.807, 2.05) is 118 Å². The largest absolute Gasteiger partial charge is 0.457 e. The van der Waals surface area contributed by atoms with Gasteiger partial charge in [-0.05, 0) is 48.3 Å². The molecule has 1 aliphatic carbocycles. The summed E-state index contributed by atoms with van der Waals surface area (Å²) < 4.78 is 6.22. The minimum absolute atomic E-state index is 0.526. The fraction of sp³-hybridized carbons (Fsp3) is 0.333. The predicted octanol–water partition coefficient (Wildman–Crippen LogP) is 10.6. The lowest BCUT2D eigenvalue weighted by Gasteiger charge is -2.42. The van der Waals surface area contributed by atoms with Crippen LogP contribution in [0, 0.1) is 0 Å². The van der Waals surface area contributed by atoms with E-state index in [2.05, 4.69) is 38.5 Å². The minimum atomic E-state index is -0.526. The zero-order valence-electron chi connectivity index (χ0n) is 23.5. The number of benzene rings is 1. The van der Waals surface area contributed by atoms with Crippen molar-refractivity contribution in [3.8, 4) is 5.75 Å². The van der Waals surface area contributed by atoms with Crippen molar-refractivity contribution in [3.05, 3.63) is 126 Å². The van der Waals surface area contributed by atoms with Crippen molar-refractivity contribution in [2.75, 3.05) is 0 Å². The lowest BCUT2D eigenvalue weighted by molar-refractivity contribution is 0.387. The first-order valence-electron chi connectivity index (χ1n) is 12.8. The second-order valence-corrected chi connectivity index (χ2v) is 6.17. The molecule has 1 aromatic carbocycles. The average molecular weight is 461 g/mol. The average Bonchev–Trinajstić information content (AvgIpc) is 3.21. The lowest BCUT2D eigenvalue weighted by atomic mass is 9.63. The molecule has 3 rings (SSSR count). The Balaban J connectivity index is 0. The van der Waals surface area contributed by atoms with Gasteiger partial charge in [0.15, 0.2) is 0 Å². The van der Waals surface area contributed by atoms with Crippen LogP contribution in [0.5, 0.6) is 5.75 Å². The molecule has 0 unspecified atom stereocenters. The Morgan fingerprint density at radius 1 is 0.647 bits per heavy atom. The number of allylic oxidation sites excluding steroid dienone is 11. The summed E-state index contributed by atoms with van der Waals surface area (Å²) in [7, 11) is 0. The van der Waals surface area contributed by atoms with E-state index in [0.29, 0.717) is 0 Å². The quantitative estimate of drug-likeness (QED) is 0.434. The van der Waals surface area contributed by atoms with Crippen LogP contribution in [0.2, 0.25) is 0 Å². The Labute approximate surface area is 211 Å². The number of hydrogen-bond acceptors (Lipinski definition) is 1. The molecule has 34 heavy (non-hydrogen) atoms. The third kappa shape index (κ3) is 5.53. The Hall–Kier alpha value is -3.06. The zero-order chi connectivity index (χ0) is 26.9. The molecule has 1 heterocycles. The van der Waals surface area contributed by atoms with E-state index in [1.165, 1.54) is 0 Å². The van der Waals surface area contributed by atoms with Gasteiger partial charge in [-0.15, -0.1) is 0 Å². The Bertz CT molecular complexity index is 909. The van der Waals surface area contributed by atoms with Gasteiger partial charge in [0.2, 0.25) is 0 Å². The number of para-hydroxylation sites is 1. The molecule has 0 bridgehead atoms. The van der Waals surface area contributed by atoms with Gasteiger partial charge in [0, 0.05) is 11.1 Å². The molecule has 0 amide bonds. The topological polar surface area (TPSA) is 9.23 Å². The molecule has 1 aromatic rings. The zero-order valence-corrected chi connectivity index (χ0v) is 23.5. The Morgan fingerprint density at radius 3 is 1.44 bits per heavy atom. The smallest absolute Gasteiger partial charge is 0.132 e. The van der Waals surface area contributed by atoms with Crippen LogP contribution in [0.3, 0.4) is 0 Å². The van der Waals surface area contributed by atoms with Crippen LogP contribution >= 0.6 is 0 Å². The molecule has 0 saturated carbocycles. The van der Waals surface area contributed by atoms with Crippen molar-refractivity contribution in [2.45, 2.75) is 74.7 Å². The lowest BCUT2D eigenvalue weighted by Crippen LogP contribution is -2.36. The molecule has 1 spiro atoms. The van der Waals surface area contributed by atoms with Crippen molar-refractivity contribution in [2.24, 2.45) is 0 Å². The Morgan fingerprint density at radius 2 is 1.09 bits per heavy atom. The molecular weight excluding hydrogens is 412 g/mol. The molecule has 0 aromatic heterocycles. The van der Waals surface area contributed by atoms with Gasteiger partial charge in [-0.2, -0.15) is 0 Å². The van der Waals surface area contributed by atoms with Gasteiger partial charge in [-0.1, -0.05) is 130 Å². The highest BCUT2D eigenvalue weighted by Crippen LogP contribution is 2.60. The summed E-state index contributed by atoms with van der Waals surface area (Å²) in [6.07, 6.45) is 11.7. The molecule has 0 fully saturated rings. The first-order valence-corrected chi connectivity index (χ1v) is 12.8. The van der Waals surface area contributed by atoms with Gasteiger partial charge >= 0.3 is 0 Å². The van der Waals surface area contributed by atoms with Gasteiger partial charge in [0.25, 0.3) is 0 Å². The van der Waals surface area contributed by atoms with Gasteiger partial charge in [-0.3, -0.25) is 0 Å². The SMILES string of the molecule is C=CC1=C(C=C)C2(C(C=C)=C1C=C)C(=C/C)/C(=C\C)Oc1ccccc12.CC.CC.CC.CC. The highest BCUT2D eigenvalue weighted by molar-refractivity contribution is 5.80. The fourth-order valence-electron chi connectivity index (χ4n) is 4.33. The van der Waals surface area contributed by atoms with Gasteiger partial charge < -0.3 is 4.74 Å².